The van der Waals surface area contributed by atoms with E-state index < -0.39 is 0 Å². The fourth-order valence-electron chi connectivity index (χ4n) is 4.21. The number of amides is 1. The molecule has 0 saturated heterocycles. The van der Waals surface area contributed by atoms with Crippen LogP contribution in [0.15, 0.2) is 95.9 Å². The van der Waals surface area contributed by atoms with E-state index in [0.29, 0.717) is 0 Å². The van der Waals surface area contributed by atoms with E-state index >= 15 is 0 Å². The summed E-state index contributed by atoms with van der Waals surface area (Å²) in [4.78, 5) is 18.7. The Hall–Kier alpha value is -3.50. The lowest BCUT2D eigenvalue weighted by molar-refractivity contribution is -0.115. The largest absolute Gasteiger partial charge is 0.497 e. The summed E-state index contributed by atoms with van der Waals surface area (Å²) < 4.78 is 11.7. The zero-order valence-corrected chi connectivity index (χ0v) is 26.0. The Morgan fingerprint density at radius 1 is 0.857 bits per heavy atom. The predicted molar refractivity (Wildman–Crippen MR) is 178 cm³/mol. The second-order valence-corrected chi connectivity index (χ2v) is 12.6. The fourth-order valence-corrected chi connectivity index (χ4v) is 7.03. The highest BCUT2D eigenvalue weighted by atomic mass is 32.2. The molecule has 0 unspecified atom stereocenters. The number of thioether (sulfide) groups is 2. The average Bonchev–Trinajstić information content (AvgIpc) is 3.47. The number of thiazole rings is 1. The lowest BCUT2D eigenvalue weighted by Gasteiger charge is -2.13. The number of para-hydroxylation sites is 1. The quantitative estimate of drug-likeness (QED) is 0.0978. The van der Waals surface area contributed by atoms with Gasteiger partial charge in [0.25, 0.3) is 0 Å². The van der Waals surface area contributed by atoms with Crippen LogP contribution in [0.1, 0.15) is 11.1 Å². The Morgan fingerprint density at radius 3 is 2.24 bits per heavy atom. The lowest BCUT2D eigenvalue weighted by Crippen LogP contribution is -2.29. The molecule has 0 aliphatic rings. The van der Waals surface area contributed by atoms with Gasteiger partial charge >= 0.3 is 0 Å². The molecule has 1 heterocycles. The molecule has 0 saturated carbocycles. The van der Waals surface area contributed by atoms with E-state index in [1.807, 2.05) is 66.4 Å². The van der Waals surface area contributed by atoms with Crippen LogP contribution >= 0.6 is 34.9 Å². The topological polar surface area (TPSA) is 72.5 Å². The molecule has 0 aliphatic carbocycles. The average molecular weight is 616 g/mol. The molecule has 0 radical (unpaired) electrons. The minimum Gasteiger partial charge on any atom is -0.497 e. The summed E-state index contributed by atoms with van der Waals surface area (Å²) in [5.41, 5.74) is 5.28. The smallest absolute Gasteiger partial charge is 0.238 e. The number of benzene rings is 4. The highest BCUT2D eigenvalue weighted by Crippen LogP contribution is 2.37. The van der Waals surface area contributed by atoms with Crippen molar-refractivity contribution in [1.82, 2.24) is 10.3 Å². The van der Waals surface area contributed by atoms with Gasteiger partial charge in [0.15, 0.2) is 0 Å². The van der Waals surface area contributed by atoms with Crippen molar-refractivity contribution in [2.45, 2.75) is 16.4 Å². The van der Waals surface area contributed by atoms with Gasteiger partial charge in [-0.15, -0.1) is 23.1 Å². The van der Waals surface area contributed by atoms with Crippen molar-refractivity contribution in [2.75, 3.05) is 38.4 Å². The maximum atomic E-state index is 12.9. The van der Waals surface area contributed by atoms with Gasteiger partial charge in [0.05, 0.1) is 36.7 Å². The summed E-state index contributed by atoms with van der Waals surface area (Å²) in [5, 5.41) is 7.36. The summed E-state index contributed by atoms with van der Waals surface area (Å²) in [6.45, 7) is 1.01. The SMILES string of the molecule is COc1ccc(CSCCNCC(=O)Nc2ccc(-c3nc4ccccc4s3)cc2SCc2ccc(OC)cc2)cc1. The Kier molecular flexibility index (Phi) is 10.8. The molecule has 2 N–H and O–H groups in total. The maximum absolute atomic E-state index is 12.9. The molecule has 9 heteroatoms. The summed E-state index contributed by atoms with van der Waals surface area (Å²) in [6, 6.07) is 30.5. The third-order valence-corrected chi connectivity index (χ3v) is 9.73. The van der Waals surface area contributed by atoms with Crippen LogP contribution in [0.4, 0.5) is 5.69 Å². The number of carbonyl (C=O) groups is 1. The van der Waals surface area contributed by atoms with Crippen molar-refractivity contribution < 1.29 is 14.3 Å². The zero-order valence-electron chi connectivity index (χ0n) is 23.6. The Balaban J connectivity index is 1.19. The molecule has 0 bridgehead atoms. The van der Waals surface area contributed by atoms with Crippen molar-refractivity contribution >= 4 is 56.7 Å². The molecule has 0 atom stereocenters. The number of carbonyl (C=O) groups excluding carboxylic acids is 1. The molecule has 5 rings (SSSR count). The number of fused-ring (bicyclic) bond motifs is 1. The van der Waals surface area contributed by atoms with Crippen LogP contribution in [0, 0.1) is 0 Å². The molecule has 0 fully saturated rings. The van der Waals surface area contributed by atoms with Crippen molar-refractivity contribution in [3.63, 3.8) is 0 Å². The van der Waals surface area contributed by atoms with Gasteiger partial charge in [0.2, 0.25) is 5.91 Å². The van der Waals surface area contributed by atoms with Crippen LogP contribution in [0.5, 0.6) is 11.5 Å². The number of nitrogens with one attached hydrogen (secondary N) is 2. The number of rotatable bonds is 14. The first kappa shape index (κ1) is 30.0. The van der Waals surface area contributed by atoms with Crippen LogP contribution in [-0.4, -0.2) is 44.0 Å². The van der Waals surface area contributed by atoms with E-state index in [1.165, 1.54) is 11.1 Å². The maximum Gasteiger partial charge on any atom is 0.238 e. The molecular weight excluding hydrogens is 583 g/mol. The van der Waals surface area contributed by atoms with Crippen LogP contribution in [0.25, 0.3) is 20.8 Å². The Morgan fingerprint density at radius 2 is 1.55 bits per heavy atom. The fraction of sp³-hybridized carbons (Fsp3) is 0.212. The van der Waals surface area contributed by atoms with Gasteiger partial charge in [-0.1, -0.05) is 36.4 Å². The first-order valence-corrected chi connectivity index (χ1v) is 16.5. The molecular formula is C33H33N3O3S3. The summed E-state index contributed by atoms with van der Waals surface area (Å²) in [5.74, 6) is 4.24. The highest BCUT2D eigenvalue weighted by Gasteiger charge is 2.13. The Bertz CT molecular complexity index is 1570. The van der Waals surface area contributed by atoms with Crippen molar-refractivity contribution in [1.29, 1.82) is 0 Å². The second-order valence-electron chi connectivity index (χ2n) is 9.46. The molecule has 1 aromatic heterocycles. The van der Waals surface area contributed by atoms with Crippen LogP contribution in [0.3, 0.4) is 0 Å². The highest BCUT2D eigenvalue weighted by molar-refractivity contribution is 7.98. The molecule has 0 spiro atoms. The van der Waals surface area contributed by atoms with E-state index in [0.717, 1.165) is 66.7 Å². The van der Waals surface area contributed by atoms with Gasteiger partial charge in [-0.3, -0.25) is 4.79 Å². The third kappa shape index (κ3) is 8.29. The Labute approximate surface area is 259 Å². The summed E-state index contributed by atoms with van der Waals surface area (Å²) >= 11 is 5.21. The number of aromatic nitrogens is 1. The first-order valence-electron chi connectivity index (χ1n) is 13.6. The lowest BCUT2D eigenvalue weighted by atomic mass is 10.2. The van der Waals surface area contributed by atoms with Crippen LogP contribution in [0.2, 0.25) is 0 Å². The van der Waals surface area contributed by atoms with Crippen molar-refractivity contribution in [3.8, 4) is 22.1 Å². The van der Waals surface area contributed by atoms with E-state index in [1.54, 1.807) is 37.3 Å². The van der Waals surface area contributed by atoms with E-state index in [9.17, 15) is 4.79 Å². The standard InChI is InChI=1S/C33H33N3O3S3/c1-38-26-12-7-23(8-13-26)21-40-18-17-34-20-32(37)35-29-16-11-25(33-36-28-5-3-4-6-30(28)42-33)19-31(29)41-22-24-9-14-27(39-2)15-10-24/h3-16,19,34H,17-18,20-22H2,1-2H3,(H,35,37). The molecule has 6 nitrogen and oxygen atoms in total. The van der Waals surface area contributed by atoms with E-state index in [2.05, 4.69) is 47.0 Å². The number of hydrogen-bond acceptors (Lipinski definition) is 8. The molecule has 1 amide bonds. The third-order valence-electron chi connectivity index (χ3n) is 6.49. The van der Waals surface area contributed by atoms with Crippen molar-refractivity contribution in [3.05, 3.63) is 102 Å². The second kappa shape index (κ2) is 15.1. The summed E-state index contributed by atoms with van der Waals surface area (Å²) in [7, 11) is 3.34. The van der Waals surface area contributed by atoms with Gasteiger partial charge in [-0.25, -0.2) is 4.98 Å². The number of anilines is 1. The number of hydrogen-bond donors (Lipinski definition) is 2. The van der Waals surface area contributed by atoms with Gasteiger partial charge in [-0.2, -0.15) is 11.8 Å². The van der Waals surface area contributed by atoms with E-state index in [-0.39, 0.29) is 12.5 Å². The number of ether oxygens (including phenoxy) is 2. The van der Waals surface area contributed by atoms with Gasteiger partial charge in [0, 0.05) is 34.3 Å². The van der Waals surface area contributed by atoms with E-state index in [4.69, 9.17) is 14.5 Å². The van der Waals surface area contributed by atoms with Gasteiger partial charge in [0.1, 0.15) is 16.5 Å². The minimum absolute atomic E-state index is 0.0609. The molecule has 42 heavy (non-hydrogen) atoms. The van der Waals surface area contributed by atoms with Crippen molar-refractivity contribution in [2.24, 2.45) is 0 Å². The first-order chi connectivity index (χ1) is 20.6. The number of methoxy groups -OCH3 is 2. The van der Waals surface area contributed by atoms with Crippen LogP contribution in [-0.2, 0) is 16.3 Å². The normalized spacial score (nSPS) is 11.0. The van der Waals surface area contributed by atoms with Crippen LogP contribution < -0.4 is 20.1 Å². The molecule has 4 aromatic carbocycles. The minimum atomic E-state index is -0.0609. The molecule has 0 aliphatic heterocycles. The molecule has 5 aromatic rings. The molecule has 216 valence electrons. The van der Waals surface area contributed by atoms with Gasteiger partial charge < -0.3 is 20.1 Å². The van der Waals surface area contributed by atoms with Gasteiger partial charge in [-0.05, 0) is 65.7 Å². The zero-order chi connectivity index (χ0) is 29.1. The number of nitrogens with zero attached hydrogens (tertiary/aromatic N) is 1. The predicted octanol–water partition coefficient (Wildman–Crippen LogP) is 7.73. The summed E-state index contributed by atoms with van der Waals surface area (Å²) in [6.07, 6.45) is 0. The monoisotopic (exact) mass is 615 g/mol.